The number of anilines is 1. The number of benzene rings is 2. The van der Waals surface area contributed by atoms with E-state index in [2.05, 4.69) is 17.4 Å². The van der Waals surface area contributed by atoms with Gasteiger partial charge in [0, 0.05) is 17.8 Å². The number of amides is 2. The smallest absolute Gasteiger partial charge is 0.248 e. The molecule has 0 bridgehead atoms. The lowest BCUT2D eigenvalue weighted by molar-refractivity contribution is -0.115. The first-order valence-electron chi connectivity index (χ1n) is 6.55. The Kier molecular flexibility index (Phi) is 4.88. The zero-order chi connectivity index (χ0) is 15.1. The number of primary amides is 1. The highest BCUT2D eigenvalue weighted by molar-refractivity contribution is 6.03. The summed E-state index contributed by atoms with van der Waals surface area (Å²) in [6, 6.07) is 17.7. The van der Waals surface area contributed by atoms with E-state index in [0.29, 0.717) is 5.69 Å². The third-order valence-corrected chi connectivity index (χ3v) is 2.87. The van der Waals surface area contributed by atoms with Crippen LogP contribution in [0.25, 0.3) is 0 Å². The lowest BCUT2D eigenvalue weighted by atomic mass is 10.0. The Bertz CT molecular complexity index is 646. The molecule has 0 aromatic heterocycles. The Morgan fingerprint density at radius 3 is 2.14 bits per heavy atom. The van der Waals surface area contributed by atoms with Crippen molar-refractivity contribution in [2.45, 2.75) is 6.42 Å². The third kappa shape index (κ3) is 4.95. The second-order valence-electron chi connectivity index (χ2n) is 4.58. The molecule has 0 saturated heterocycles. The predicted molar refractivity (Wildman–Crippen MR) is 82.7 cm³/mol. The highest BCUT2D eigenvalue weighted by Gasteiger charge is 2.00. The van der Waals surface area contributed by atoms with E-state index in [9.17, 15) is 9.59 Å². The number of carbonyl (C=O) groups is 2. The van der Waals surface area contributed by atoms with E-state index in [-0.39, 0.29) is 5.91 Å². The molecule has 4 heteroatoms. The molecule has 0 saturated carbocycles. The molecule has 0 atom stereocenters. The van der Waals surface area contributed by atoms with Crippen LogP contribution in [0.4, 0.5) is 5.69 Å². The van der Waals surface area contributed by atoms with Gasteiger partial charge in [-0.3, -0.25) is 9.59 Å². The summed E-state index contributed by atoms with van der Waals surface area (Å²) in [5.74, 6) is -1.03. The molecule has 0 unspecified atom stereocenters. The van der Waals surface area contributed by atoms with Gasteiger partial charge in [-0.1, -0.05) is 42.5 Å². The van der Waals surface area contributed by atoms with Crippen LogP contribution < -0.4 is 11.1 Å². The van der Waals surface area contributed by atoms with Gasteiger partial charge in [0.25, 0.3) is 0 Å². The Balaban J connectivity index is 1.96. The van der Waals surface area contributed by atoms with E-state index in [1.54, 1.807) is 0 Å². The number of hydrogen-bond acceptors (Lipinski definition) is 2. The van der Waals surface area contributed by atoms with Crippen molar-refractivity contribution in [3.8, 4) is 0 Å². The Morgan fingerprint density at radius 1 is 0.905 bits per heavy atom. The topological polar surface area (TPSA) is 72.2 Å². The van der Waals surface area contributed by atoms with E-state index in [0.717, 1.165) is 24.1 Å². The van der Waals surface area contributed by atoms with Gasteiger partial charge >= 0.3 is 0 Å². The summed E-state index contributed by atoms with van der Waals surface area (Å²) in [4.78, 5) is 22.0. The van der Waals surface area contributed by atoms with Crippen molar-refractivity contribution in [2.75, 3.05) is 5.32 Å². The van der Waals surface area contributed by atoms with Gasteiger partial charge in [0.15, 0.2) is 0 Å². The van der Waals surface area contributed by atoms with Crippen molar-refractivity contribution in [1.82, 2.24) is 0 Å². The van der Waals surface area contributed by atoms with Crippen molar-refractivity contribution >= 4 is 17.5 Å². The maximum absolute atomic E-state index is 11.5. The summed E-state index contributed by atoms with van der Waals surface area (Å²) in [6.07, 6.45) is 2.98. The first kappa shape index (κ1) is 14.5. The van der Waals surface area contributed by atoms with Crippen LogP contribution in [0.5, 0.6) is 0 Å². The minimum absolute atomic E-state index is 0.385. The molecule has 2 aromatic rings. The number of hydrogen-bond donors (Lipinski definition) is 2. The molecule has 0 aliphatic rings. The lowest BCUT2D eigenvalue weighted by Gasteiger charge is -2.05. The maximum Gasteiger partial charge on any atom is 0.248 e. The largest absolute Gasteiger partial charge is 0.366 e. The average molecular weight is 280 g/mol. The van der Waals surface area contributed by atoms with Gasteiger partial charge in [-0.2, -0.15) is 0 Å². The van der Waals surface area contributed by atoms with Crippen LogP contribution in [0.1, 0.15) is 11.1 Å². The SMILES string of the molecule is NC(=O)/C=C\C(=O)Nc1ccc(Cc2ccccc2)cc1. The number of rotatable bonds is 5. The summed E-state index contributed by atoms with van der Waals surface area (Å²) in [5.41, 5.74) is 7.99. The molecular formula is C17H16N2O2. The molecule has 0 fully saturated rings. The third-order valence-electron chi connectivity index (χ3n) is 2.87. The molecule has 4 nitrogen and oxygen atoms in total. The molecular weight excluding hydrogens is 264 g/mol. The van der Waals surface area contributed by atoms with Crippen molar-refractivity contribution in [1.29, 1.82) is 0 Å². The van der Waals surface area contributed by atoms with Crippen LogP contribution in [0.2, 0.25) is 0 Å². The molecule has 2 aromatic carbocycles. The molecule has 3 N–H and O–H groups in total. The quantitative estimate of drug-likeness (QED) is 0.825. The first-order chi connectivity index (χ1) is 10.1. The molecule has 2 amide bonds. The van der Waals surface area contributed by atoms with E-state index >= 15 is 0 Å². The van der Waals surface area contributed by atoms with Gasteiger partial charge in [0.05, 0.1) is 0 Å². The normalized spacial score (nSPS) is 10.5. The summed E-state index contributed by atoms with van der Waals surface area (Å²) >= 11 is 0. The van der Waals surface area contributed by atoms with Gasteiger partial charge in [0.1, 0.15) is 0 Å². The molecule has 2 rings (SSSR count). The number of nitrogens with two attached hydrogens (primary N) is 1. The fraction of sp³-hybridized carbons (Fsp3) is 0.0588. The van der Waals surface area contributed by atoms with Crippen LogP contribution >= 0.6 is 0 Å². The minimum Gasteiger partial charge on any atom is -0.366 e. The molecule has 0 spiro atoms. The molecule has 0 heterocycles. The number of nitrogens with one attached hydrogen (secondary N) is 1. The molecule has 106 valence electrons. The van der Waals surface area contributed by atoms with Gasteiger partial charge in [-0.15, -0.1) is 0 Å². The zero-order valence-corrected chi connectivity index (χ0v) is 11.5. The van der Waals surface area contributed by atoms with Crippen LogP contribution in [0.3, 0.4) is 0 Å². The van der Waals surface area contributed by atoms with Crippen LogP contribution in [-0.2, 0) is 16.0 Å². The highest BCUT2D eigenvalue weighted by atomic mass is 16.2. The summed E-state index contributed by atoms with van der Waals surface area (Å²) in [6.45, 7) is 0. The standard InChI is InChI=1S/C17H16N2O2/c18-16(20)10-11-17(21)19-15-8-6-14(7-9-15)12-13-4-2-1-3-5-13/h1-11H,12H2,(H2,18,20)(H,19,21)/b11-10-. The van der Waals surface area contributed by atoms with E-state index < -0.39 is 5.91 Å². The Morgan fingerprint density at radius 2 is 1.52 bits per heavy atom. The van der Waals surface area contributed by atoms with E-state index in [4.69, 9.17) is 5.73 Å². The van der Waals surface area contributed by atoms with Crippen LogP contribution in [0.15, 0.2) is 66.7 Å². The Hall–Kier alpha value is -2.88. The second kappa shape index (κ2) is 7.05. The van der Waals surface area contributed by atoms with Crippen molar-refractivity contribution in [2.24, 2.45) is 5.73 Å². The lowest BCUT2D eigenvalue weighted by Crippen LogP contribution is -2.11. The fourth-order valence-electron chi connectivity index (χ4n) is 1.88. The van der Waals surface area contributed by atoms with Gasteiger partial charge in [-0.05, 0) is 29.7 Å². The predicted octanol–water partition coefficient (Wildman–Crippen LogP) is 2.26. The maximum atomic E-state index is 11.5. The first-order valence-corrected chi connectivity index (χ1v) is 6.55. The number of carbonyl (C=O) groups excluding carboxylic acids is 2. The second-order valence-corrected chi connectivity index (χ2v) is 4.58. The van der Waals surface area contributed by atoms with E-state index in [1.807, 2.05) is 42.5 Å². The summed E-state index contributed by atoms with van der Waals surface area (Å²) in [5, 5.41) is 2.65. The highest BCUT2D eigenvalue weighted by Crippen LogP contribution is 2.13. The van der Waals surface area contributed by atoms with Crippen molar-refractivity contribution in [3.05, 3.63) is 77.9 Å². The van der Waals surface area contributed by atoms with Crippen LogP contribution in [0, 0.1) is 0 Å². The average Bonchev–Trinajstić information content (AvgIpc) is 2.48. The summed E-state index contributed by atoms with van der Waals surface area (Å²) < 4.78 is 0. The molecule has 0 aliphatic carbocycles. The molecule has 0 radical (unpaired) electrons. The minimum atomic E-state index is -0.650. The fourth-order valence-corrected chi connectivity index (χ4v) is 1.88. The monoisotopic (exact) mass is 280 g/mol. The Labute approximate surface area is 123 Å². The molecule has 21 heavy (non-hydrogen) atoms. The van der Waals surface area contributed by atoms with E-state index in [1.165, 1.54) is 5.56 Å². The zero-order valence-electron chi connectivity index (χ0n) is 11.5. The van der Waals surface area contributed by atoms with Crippen molar-refractivity contribution < 1.29 is 9.59 Å². The van der Waals surface area contributed by atoms with Gasteiger partial charge in [-0.25, -0.2) is 0 Å². The van der Waals surface area contributed by atoms with Gasteiger partial charge < -0.3 is 11.1 Å². The van der Waals surface area contributed by atoms with Gasteiger partial charge in [0.2, 0.25) is 11.8 Å². The van der Waals surface area contributed by atoms with Crippen LogP contribution in [-0.4, -0.2) is 11.8 Å². The molecule has 0 aliphatic heterocycles. The summed E-state index contributed by atoms with van der Waals surface area (Å²) in [7, 11) is 0. The van der Waals surface area contributed by atoms with Crippen molar-refractivity contribution in [3.63, 3.8) is 0 Å².